The second kappa shape index (κ2) is 5.99. The molecule has 3 heteroatoms. The maximum absolute atomic E-state index is 10.1. The Hall–Kier alpha value is -0.120. The molecular formula is C13H26N2O. The second-order valence-electron chi connectivity index (χ2n) is 5.59. The van der Waals surface area contributed by atoms with Crippen molar-refractivity contribution in [3.05, 3.63) is 0 Å². The quantitative estimate of drug-likeness (QED) is 0.756. The van der Waals surface area contributed by atoms with Crippen molar-refractivity contribution in [2.75, 3.05) is 26.2 Å². The molecule has 1 saturated heterocycles. The highest BCUT2D eigenvalue weighted by molar-refractivity contribution is 4.79. The van der Waals surface area contributed by atoms with Gasteiger partial charge in [-0.3, -0.25) is 4.90 Å². The summed E-state index contributed by atoms with van der Waals surface area (Å²) in [5.41, 5.74) is 0. The lowest BCUT2D eigenvalue weighted by Gasteiger charge is -2.35. The van der Waals surface area contributed by atoms with Crippen LogP contribution in [0.1, 0.15) is 39.0 Å². The molecule has 0 radical (unpaired) electrons. The van der Waals surface area contributed by atoms with Crippen LogP contribution in [0.2, 0.25) is 0 Å². The van der Waals surface area contributed by atoms with Crippen molar-refractivity contribution in [3.63, 3.8) is 0 Å². The SMILES string of the molecule is C[C@@H]1CNCCN1CC(O)CC1CCCC1. The third kappa shape index (κ3) is 3.44. The molecular weight excluding hydrogens is 200 g/mol. The van der Waals surface area contributed by atoms with Crippen LogP contribution in [0.4, 0.5) is 0 Å². The molecule has 1 heterocycles. The fourth-order valence-electron chi connectivity index (χ4n) is 3.13. The Morgan fingerprint density at radius 3 is 2.81 bits per heavy atom. The molecule has 2 N–H and O–H groups in total. The number of aliphatic hydroxyl groups is 1. The highest BCUT2D eigenvalue weighted by Gasteiger charge is 2.23. The van der Waals surface area contributed by atoms with E-state index in [0.29, 0.717) is 6.04 Å². The summed E-state index contributed by atoms with van der Waals surface area (Å²) < 4.78 is 0. The smallest absolute Gasteiger partial charge is 0.0669 e. The summed E-state index contributed by atoms with van der Waals surface area (Å²) in [6, 6.07) is 0.576. The molecule has 1 aliphatic heterocycles. The van der Waals surface area contributed by atoms with Crippen molar-refractivity contribution in [2.45, 2.75) is 51.2 Å². The van der Waals surface area contributed by atoms with Gasteiger partial charge in [-0.1, -0.05) is 25.7 Å². The first-order valence-electron chi connectivity index (χ1n) is 6.88. The van der Waals surface area contributed by atoms with E-state index in [1.54, 1.807) is 0 Å². The first-order valence-corrected chi connectivity index (χ1v) is 6.88. The highest BCUT2D eigenvalue weighted by atomic mass is 16.3. The van der Waals surface area contributed by atoms with E-state index < -0.39 is 0 Å². The molecule has 0 bridgehead atoms. The topological polar surface area (TPSA) is 35.5 Å². The van der Waals surface area contributed by atoms with E-state index in [-0.39, 0.29) is 6.10 Å². The van der Waals surface area contributed by atoms with Crippen molar-refractivity contribution in [1.29, 1.82) is 0 Å². The zero-order valence-electron chi connectivity index (χ0n) is 10.5. The minimum atomic E-state index is -0.108. The Bertz CT molecular complexity index is 204. The van der Waals surface area contributed by atoms with Gasteiger partial charge < -0.3 is 10.4 Å². The van der Waals surface area contributed by atoms with Crippen LogP contribution in [0.3, 0.4) is 0 Å². The number of piperazine rings is 1. The standard InChI is InChI=1S/C13H26N2O/c1-11-9-14-6-7-15(11)10-13(16)8-12-4-2-3-5-12/h11-14,16H,2-10H2,1H3/t11-,13?/m1/s1. The van der Waals surface area contributed by atoms with Crippen LogP contribution in [0.25, 0.3) is 0 Å². The Kier molecular flexibility index (Phi) is 4.62. The first kappa shape index (κ1) is 12.3. The first-order chi connectivity index (χ1) is 7.75. The van der Waals surface area contributed by atoms with Gasteiger partial charge in [-0.15, -0.1) is 0 Å². The molecule has 3 nitrogen and oxygen atoms in total. The lowest BCUT2D eigenvalue weighted by molar-refractivity contribution is 0.0643. The fraction of sp³-hybridized carbons (Fsp3) is 1.00. The van der Waals surface area contributed by atoms with Crippen molar-refractivity contribution in [2.24, 2.45) is 5.92 Å². The Morgan fingerprint density at radius 1 is 1.38 bits per heavy atom. The molecule has 1 unspecified atom stereocenters. The summed E-state index contributed by atoms with van der Waals surface area (Å²) in [5, 5.41) is 13.5. The number of aliphatic hydroxyl groups excluding tert-OH is 1. The van der Waals surface area contributed by atoms with Gasteiger partial charge in [0.25, 0.3) is 0 Å². The van der Waals surface area contributed by atoms with E-state index in [2.05, 4.69) is 17.1 Å². The van der Waals surface area contributed by atoms with Crippen molar-refractivity contribution < 1.29 is 5.11 Å². The number of nitrogens with one attached hydrogen (secondary N) is 1. The van der Waals surface area contributed by atoms with E-state index in [0.717, 1.165) is 38.5 Å². The predicted molar refractivity (Wildman–Crippen MR) is 66.5 cm³/mol. The predicted octanol–water partition coefficient (Wildman–Crippen LogP) is 1.22. The minimum Gasteiger partial charge on any atom is -0.392 e. The lowest BCUT2D eigenvalue weighted by Crippen LogP contribution is -2.52. The van der Waals surface area contributed by atoms with Crippen molar-refractivity contribution >= 4 is 0 Å². The van der Waals surface area contributed by atoms with Gasteiger partial charge in [-0.2, -0.15) is 0 Å². The molecule has 0 aromatic rings. The second-order valence-corrected chi connectivity index (χ2v) is 5.59. The van der Waals surface area contributed by atoms with Gasteiger partial charge in [0.15, 0.2) is 0 Å². The molecule has 0 spiro atoms. The molecule has 2 rings (SSSR count). The van der Waals surface area contributed by atoms with Crippen LogP contribution >= 0.6 is 0 Å². The zero-order valence-corrected chi connectivity index (χ0v) is 10.5. The molecule has 2 aliphatic rings. The number of nitrogens with zero attached hydrogens (tertiary/aromatic N) is 1. The van der Waals surface area contributed by atoms with Crippen LogP contribution in [0.5, 0.6) is 0 Å². The van der Waals surface area contributed by atoms with Gasteiger partial charge in [0.1, 0.15) is 0 Å². The lowest BCUT2D eigenvalue weighted by atomic mass is 9.99. The molecule has 0 aromatic carbocycles. The minimum absolute atomic E-state index is 0.108. The fourth-order valence-corrected chi connectivity index (χ4v) is 3.13. The monoisotopic (exact) mass is 226 g/mol. The molecule has 94 valence electrons. The van der Waals surface area contributed by atoms with Crippen molar-refractivity contribution in [1.82, 2.24) is 10.2 Å². The summed E-state index contributed by atoms with van der Waals surface area (Å²) >= 11 is 0. The van der Waals surface area contributed by atoms with Gasteiger partial charge >= 0.3 is 0 Å². The van der Waals surface area contributed by atoms with Crippen molar-refractivity contribution in [3.8, 4) is 0 Å². The van der Waals surface area contributed by atoms with E-state index in [1.165, 1.54) is 25.7 Å². The van der Waals surface area contributed by atoms with Crippen LogP contribution < -0.4 is 5.32 Å². The average Bonchev–Trinajstić information content (AvgIpc) is 2.74. The number of β-amino-alcohol motifs (C(OH)–C–C–N with tert-alkyl or cyclic N) is 1. The van der Waals surface area contributed by atoms with E-state index >= 15 is 0 Å². The van der Waals surface area contributed by atoms with Gasteiger partial charge in [0, 0.05) is 32.2 Å². The Balaban J connectivity index is 1.70. The molecule has 0 amide bonds. The third-order valence-electron chi connectivity index (χ3n) is 4.16. The van der Waals surface area contributed by atoms with Crippen LogP contribution in [-0.2, 0) is 0 Å². The maximum atomic E-state index is 10.1. The van der Waals surface area contributed by atoms with E-state index in [9.17, 15) is 5.11 Å². The van der Waals surface area contributed by atoms with E-state index in [1.807, 2.05) is 0 Å². The molecule has 1 saturated carbocycles. The Labute approximate surface area is 99.2 Å². The molecule has 16 heavy (non-hydrogen) atoms. The molecule has 1 aliphatic carbocycles. The normalized spacial score (nSPS) is 30.8. The Morgan fingerprint density at radius 2 is 2.12 bits per heavy atom. The largest absolute Gasteiger partial charge is 0.392 e. The maximum Gasteiger partial charge on any atom is 0.0669 e. The van der Waals surface area contributed by atoms with Crippen LogP contribution in [0, 0.1) is 5.92 Å². The molecule has 0 aromatic heterocycles. The van der Waals surface area contributed by atoms with Crippen LogP contribution in [0.15, 0.2) is 0 Å². The summed E-state index contributed by atoms with van der Waals surface area (Å²) in [7, 11) is 0. The van der Waals surface area contributed by atoms with Gasteiger partial charge in [-0.25, -0.2) is 0 Å². The summed E-state index contributed by atoms with van der Waals surface area (Å²) in [4.78, 5) is 2.43. The average molecular weight is 226 g/mol. The zero-order chi connectivity index (χ0) is 11.4. The van der Waals surface area contributed by atoms with Gasteiger partial charge in [-0.05, 0) is 19.3 Å². The third-order valence-corrected chi connectivity index (χ3v) is 4.16. The number of hydrogen-bond donors (Lipinski definition) is 2. The van der Waals surface area contributed by atoms with Crippen LogP contribution in [-0.4, -0.2) is 48.3 Å². The molecule has 2 fully saturated rings. The van der Waals surface area contributed by atoms with E-state index in [4.69, 9.17) is 0 Å². The van der Waals surface area contributed by atoms with Gasteiger partial charge in [0.2, 0.25) is 0 Å². The van der Waals surface area contributed by atoms with Gasteiger partial charge in [0.05, 0.1) is 6.10 Å². The highest BCUT2D eigenvalue weighted by Crippen LogP contribution is 2.28. The molecule has 2 atom stereocenters. The summed E-state index contributed by atoms with van der Waals surface area (Å²) in [6.07, 6.45) is 6.35. The summed E-state index contributed by atoms with van der Waals surface area (Å²) in [5.74, 6) is 0.799. The number of hydrogen-bond acceptors (Lipinski definition) is 3. The number of rotatable bonds is 4. The summed E-state index contributed by atoms with van der Waals surface area (Å²) in [6.45, 7) is 6.34.